The molecule has 0 amide bonds. The molecule has 1 aliphatic carbocycles. The van der Waals surface area contributed by atoms with Gasteiger partial charge in [0.05, 0.1) is 24.1 Å². The number of aromatic nitrogens is 5. The quantitative estimate of drug-likeness (QED) is 0.428. The number of anilines is 1. The maximum absolute atomic E-state index is 11.2. The molecule has 35 heavy (non-hydrogen) atoms. The third-order valence-corrected chi connectivity index (χ3v) is 6.93. The number of nitrogens with one attached hydrogen (secondary N) is 1. The monoisotopic (exact) mass is 466 g/mol. The highest BCUT2D eigenvalue weighted by atomic mass is 16.3. The van der Waals surface area contributed by atoms with Crippen molar-refractivity contribution in [2.24, 2.45) is 5.18 Å². The van der Waals surface area contributed by atoms with Gasteiger partial charge in [-0.25, -0.2) is 9.97 Å². The van der Waals surface area contributed by atoms with E-state index < -0.39 is 0 Å². The first-order valence-corrected chi connectivity index (χ1v) is 12.0. The van der Waals surface area contributed by atoms with Crippen LogP contribution >= 0.6 is 0 Å². The number of hydrogen-bond donors (Lipinski definition) is 1. The van der Waals surface area contributed by atoms with Crippen LogP contribution in [0.3, 0.4) is 0 Å². The number of benzene rings is 1. The number of nitroso groups, excluding NO2 is 1. The van der Waals surface area contributed by atoms with Gasteiger partial charge >= 0.3 is 0 Å². The number of hydrogen-bond acceptors (Lipinski definition) is 8. The van der Waals surface area contributed by atoms with Crippen molar-refractivity contribution in [2.75, 3.05) is 31.1 Å². The molecule has 9 nitrogen and oxygen atoms in total. The van der Waals surface area contributed by atoms with Gasteiger partial charge in [-0.15, -0.1) is 0 Å². The smallest absolute Gasteiger partial charge is 0.147 e. The molecule has 3 aromatic heterocycles. The molecule has 1 aliphatic heterocycles. The Morgan fingerprint density at radius 2 is 1.83 bits per heavy atom. The van der Waals surface area contributed by atoms with Gasteiger partial charge in [0.15, 0.2) is 0 Å². The Labute approximate surface area is 203 Å². The number of nitrogens with zero attached hydrogens (tertiary/aromatic N) is 7. The van der Waals surface area contributed by atoms with Crippen molar-refractivity contribution >= 4 is 5.82 Å². The van der Waals surface area contributed by atoms with Crippen LogP contribution in [0, 0.1) is 4.91 Å². The molecule has 0 bridgehead atoms. The summed E-state index contributed by atoms with van der Waals surface area (Å²) < 4.78 is 0. The molecule has 0 spiro atoms. The molecule has 9 heteroatoms. The first-order chi connectivity index (χ1) is 17.3. The van der Waals surface area contributed by atoms with Gasteiger partial charge in [0.2, 0.25) is 0 Å². The number of pyridine rings is 1. The fraction of sp³-hybridized carbons (Fsp3) is 0.308. The minimum absolute atomic E-state index is 0.228. The molecule has 2 aliphatic rings. The zero-order valence-electron chi connectivity index (χ0n) is 19.3. The number of rotatable bonds is 6. The van der Waals surface area contributed by atoms with Gasteiger partial charge in [0, 0.05) is 62.1 Å². The number of piperazine rings is 1. The van der Waals surface area contributed by atoms with E-state index >= 15 is 0 Å². The average molecular weight is 467 g/mol. The highest BCUT2D eigenvalue weighted by molar-refractivity contribution is 5.79. The highest BCUT2D eigenvalue weighted by Gasteiger charge is 2.25. The number of fused-ring (bicyclic) bond motifs is 1. The summed E-state index contributed by atoms with van der Waals surface area (Å²) in [6.45, 7) is 4.40. The van der Waals surface area contributed by atoms with Gasteiger partial charge in [0.25, 0.3) is 0 Å². The highest BCUT2D eigenvalue weighted by Crippen LogP contribution is 2.38. The normalized spacial score (nSPS) is 17.9. The van der Waals surface area contributed by atoms with Gasteiger partial charge in [-0.05, 0) is 42.2 Å². The lowest BCUT2D eigenvalue weighted by Gasteiger charge is -2.34. The third kappa shape index (κ3) is 4.30. The maximum Gasteiger partial charge on any atom is 0.147 e. The Hall–Kier alpha value is -3.98. The second-order valence-electron chi connectivity index (χ2n) is 9.04. The summed E-state index contributed by atoms with van der Waals surface area (Å²) in [4.78, 5) is 37.3. The first kappa shape index (κ1) is 21.5. The molecule has 4 aromatic rings. The standard InChI is InChI=1S/C26H26N8O/c35-32-22-4-2-19-15-20(1-3-21(19)22)26-25(18-5-7-27-8-6-18)30-23(31-26)17-33-11-13-34(14-12-33)24-16-28-9-10-29-24/h1,3,5-10,15-16,22H,2,4,11-14,17H2,(H,30,31). The summed E-state index contributed by atoms with van der Waals surface area (Å²) in [7, 11) is 0. The third-order valence-electron chi connectivity index (χ3n) is 6.93. The lowest BCUT2D eigenvalue weighted by molar-refractivity contribution is 0.244. The molecule has 1 N–H and O–H groups in total. The molecular formula is C26H26N8O. The molecule has 1 fully saturated rings. The van der Waals surface area contributed by atoms with Crippen molar-refractivity contribution in [2.45, 2.75) is 25.4 Å². The van der Waals surface area contributed by atoms with Gasteiger partial charge in [-0.2, -0.15) is 4.91 Å². The molecule has 0 radical (unpaired) electrons. The maximum atomic E-state index is 11.2. The van der Waals surface area contributed by atoms with Crippen molar-refractivity contribution in [3.05, 3.63) is 83.2 Å². The van der Waals surface area contributed by atoms with E-state index in [9.17, 15) is 4.91 Å². The Kier molecular flexibility index (Phi) is 5.75. The van der Waals surface area contributed by atoms with E-state index in [-0.39, 0.29) is 6.04 Å². The van der Waals surface area contributed by atoms with E-state index in [1.807, 2.05) is 24.4 Å². The second kappa shape index (κ2) is 9.34. The first-order valence-electron chi connectivity index (χ1n) is 12.0. The molecule has 1 atom stereocenters. The van der Waals surface area contributed by atoms with Crippen LogP contribution in [0.15, 0.2) is 66.5 Å². The van der Waals surface area contributed by atoms with Crippen molar-refractivity contribution in [1.29, 1.82) is 0 Å². The Bertz CT molecular complexity index is 1320. The van der Waals surface area contributed by atoms with Crippen molar-refractivity contribution in [3.8, 4) is 22.5 Å². The van der Waals surface area contributed by atoms with Gasteiger partial charge in [-0.1, -0.05) is 17.3 Å². The van der Waals surface area contributed by atoms with Gasteiger partial charge in [0.1, 0.15) is 17.7 Å². The van der Waals surface area contributed by atoms with Crippen LogP contribution in [-0.2, 0) is 13.0 Å². The van der Waals surface area contributed by atoms with Crippen LogP contribution < -0.4 is 4.90 Å². The van der Waals surface area contributed by atoms with Crippen molar-refractivity contribution in [1.82, 2.24) is 29.8 Å². The molecule has 0 saturated carbocycles. The SMILES string of the molecule is O=NC1CCc2cc(-c3nc(CN4CCN(c5cnccn5)CC4)[nH]c3-c3ccncc3)ccc21. The summed E-state index contributed by atoms with van der Waals surface area (Å²) in [5.41, 5.74) is 6.26. The Balaban J connectivity index is 1.26. The number of imidazole rings is 1. The lowest BCUT2D eigenvalue weighted by atomic mass is 10.0. The van der Waals surface area contributed by atoms with E-state index in [2.05, 4.69) is 47.0 Å². The molecule has 1 saturated heterocycles. The summed E-state index contributed by atoms with van der Waals surface area (Å²) in [5.74, 6) is 1.86. The van der Waals surface area contributed by atoms with Crippen LogP contribution in [0.1, 0.15) is 29.4 Å². The van der Waals surface area contributed by atoms with Gasteiger partial charge < -0.3 is 9.88 Å². The summed E-state index contributed by atoms with van der Waals surface area (Å²) in [6.07, 6.45) is 10.5. The predicted octanol–water partition coefficient (Wildman–Crippen LogP) is 4.00. The second-order valence-corrected chi connectivity index (χ2v) is 9.04. The minimum Gasteiger partial charge on any atom is -0.353 e. The summed E-state index contributed by atoms with van der Waals surface area (Å²) >= 11 is 0. The number of H-pyrrole nitrogens is 1. The zero-order valence-corrected chi connectivity index (χ0v) is 19.3. The summed E-state index contributed by atoms with van der Waals surface area (Å²) in [5, 5.41) is 3.30. The van der Waals surface area contributed by atoms with E-state index in [0.717, 1.165) is 85.3 Å². The summed E-state index contributed by atoms with van der Waals surface area (Å²) in [6, 6.07) is 10.0. The molecule has 1 aromatic carbocycles. The molecule has 1 unspecified atom stereocenters. The van der Waals surface area contributed by atoms with Crippen LogP contribution in [-0.4, -0.2) is 56.0 Å². The Morgan fingerprint density at radius 3 is 2.60 bits per heavy atom. The Morgan fingerprint density at radius 1 is 0.971 bits per heavy atom. The topological polar surface area (TPSA) is 103 Å². The van der Waals surface area contributed by atoms with E-state index in [1.54, 1.807) is 24.8 Å². The molecule has 4 heterocycles. The lowest BCUT2D eigenvalue weighted by Crippen LogP contribution is -2.46. The van der Waals surface area contributed by atoms with Crippen LogP contribution in [0.2, 0.25) is 0 Å². The van der Waals surface area contributed by atoms with Gasteiger partial charge in [-0.3, -0.25) is 14.9 Å². The molecule has 6 rings (SSSR count). The average Bonchev–Trinajstić information content (AvgIpc) is 3.54. The molecule has 176 valence electrons. The number of aromatic amines is 1. The van der Waals surface area contributed by atoms with Crippen LogP contribution in [0.5, 0.6) is 0 Å². The molecular weight excluding hydrogens is 440 g/mol. The van der Waals surface area contributed by atoms with Crippen molar-refractivity contribution < 1.29 is 0 Å². The minimum atomic E-state index is -0.228. The van der Waals surface area contributed by atoms with E-state index in [1.165, 1.54) is 5.56 Å². The van der Waals surface area contributed by atoms with E-state index in [4.69, 9.17) is 4.98 Å². The predicted molar refractivity (Wildman–Crippen MR) is 134 cm³/mol. The van der Waals surface area contributed by atoms with Crippen LogP contribution in [0.25, 0.3) is 22.5 Å². The van der Waals surface area contributed by atoms with Crippen LogP contribution in [0.4, 0.5) is 5.82 Å². The van der Waals surface area contributed by atoms with Crippen molar-refractivity contribution in [3.63, 3.8) is 0 Å². The largest absolute Gasteiger partial charge is 0.353 e. The fourth-order valence-corrected chi connectivity index (χ4v) is 5.09. The number of aryl methyl sites for hydroxylation is 1. The fourth-order valence-electron chi connectivity index (χ4n) is 5.09. The van der Waals surface area contributed by atoms with E-state index in [0.29, 0.717) is 0 Å². The zero-order chi connectivity index (χ0) is 23.6.